The Morgan fingerprint density at radius 2 is 1.73 bits per heavy atom. The highest BCUT2D eigenvalue weighted by Crippen LogP contribution is 2.39. The molecule has 4 atom stereocenters. The van der Waals surface area contributed by atoms with Gasteiger partial charge in [-0.2, -0.15) is 0 Å². The number of hydrogen-bond acceptors (Lipinski definition) is 9. The number of esters is 1. The van der Waals surface area contributed by atoms with E-state index in [1.165, 1.54) is 14.0 Å². The number of hydrogen-bond donors (Lipinski definition) is 2. The molecule has 10 nitrogen and oxygen atoms in total. The lowest BCUT2D eigenvalue weighted by Crippen LogP contribution is -2.48. The van der Waals surface area contributed by atoms with Gasteiger partial charge in [0.1, 0.15) is 18.0 Å². The van der Waals surface area contributed by atoms with Crippen molar-refractivity contribution in [2.75, 3.05) is 14.2 Å². The number of rotatable bonds is 12. The molecule has 0 aliphatic carbocycles. The SMILES string of the molecule is CC[C@](C)(Oc1cc([C@H]2OC(c3ccc(OC)cc3)=N[C@@H]2C(=O)OC)ccc1OCc1ccccc1)[C@@H](O)C(=O)O. The number of methoxy groups -OCH3 is 2. The van der Waals surface area contributed by atoms with Crippen molar-refractivity contribution >= 4 is 17.8 Å². The molecule has 0 bridgehead atoms. The van der Waals surface area contributed by atoms with Gasteiger partial charge in [-0.15, -0.1) is 0 Å². The molecule has 0 amide bonds. The van der Waals surface area contributed by atoms with Crippen molar-refractivity contribution in [3.8, 4) is 17.2 Å². The monoisotopic (exact) mass is 563 g/mol. The highest BCUT2D eigenvalue weighted by molar-refractivity contribution is 5.98. The van der Waals surface area contributed by atoms with Crippen LogP contribution in [0.25, 0.3) is 0 Å². The highest BCUT2D eigenvalue weighted by atomic mass is 16.6. The van der Waals surface area contributed by atoms with E-state index in [0.29, 0.717) is 22.6 Å². The summed E-state index contributed by atoms with van der Waals surface area (Å²) in [6.07, 6.45) is -2.51. The second-order valence-electron chi connectivity index (χ2n) is 9.66. The molecule has 2 N–H and O–H groups in total. The summed E-state index contributed by atoms with van der Waals surface area (Å²) < 4.78 is 28.6. The minimum atomic E-state index is -1.81. The molecule has 10 heteroatoms. The number of carbonyl (C=O) groups is 2. The molecule has 1 heterocycles. The number of carboxylic acid groups (broad SMARTS) is 1. The molecule has 0 aromatic heterocycles. The number of aliphatic hydroxyl groups excluding tert-OH is 1. The van der Waals surface area contributed by atoms with E-state index in [4.69, 9.17) is 23.7 Å². The number of carboxylic acids is 1. The molecule has 3 aromatic carbocycles. The third-order valence-corrected chi connectivity index (χ3v) is 6.95. The van der Waals surface area contributed by atoms with Crippen LogP contribution < -0.4 is 14.2 Å². The number of carbonyl (C=O) groups excluding carboxylic acids is 1. The van der Waals surface area contributed by atoms with E-state index in [-0.39, 0.29) is 24.7 Å². The van der Waals surface area contributed by atoms with E-state index in [2.05, 4.69) is 4.99 Å². The molecule has 1 aliphatic heterocycles. The summed E-state index contributed by atoms with van der Waals surface area (Å²) in [5.41, 5.74) is 0.578. The van der Waals surface area contributed by atoms with Gasteiger partial charge in [-0.1, -0.05) is 43.3 Å². The lowest BCUT2D eigenvalue weighted by atomic mass is 9.95. The maximum Gasteiger partial charge on any atom is 0.336 e. The molecule has 0 saturated heterocycles. The average Bonchev–Trinajstić information content (AvgIpc) is 3.45. The average molecular weight is 564 g/mol. The van der Waals surface area contributed by atoms with Gasteiger partial charge in [-0.3, -0.25) is 0 Å². The highest BCUT2D eigenvalue weighted by Gasteiger charge is 2.42. The zero-order valence-corrected chi connectivity index (χ0v) is 23.3. The minimum Gasteiger partial charge on any atom is -0.497 e. The van der Waals surface area contributed by atoms with Crippen LogP contribution in [0, 0.1) is 0 Å². The number of aliphatic carboxylic acids is 1. The predicted molar refractivity (Wildman–Crippen MR) is 149 cm³/mol. The van der Waals surface area contributed by atoms with Gasteiger partial charge >= 0.3 is 11.9 Å². The summed E-state index contributed by atoms with van der Waals surface area (Å²) in [4.78, 5) is 28.9. The first-order valence-electron chi connectivity index (χ1n) is 13.1. The van der Waals surface area contributed by atoms with E-state index in [0.717, 1.165) is 5.56 Å². The van der Waals surface area contributed by atoms with Crippen molar-refractivity contribution in [1.82, 2.24) is 0 Å². The second-order valence-corrected chi connectivity index (χ2v) is 9.66. The number of aliphatic hydroxyl groups is 1. The molecule has 0 saturated carbocycles. The maximum absolute atomic E-state index is 12.7. The number of ether oxygens (including phenoxy) is 5. The van der Waals surface area contributed by atoms with E-state index in [1.54, 1.807) is 56.5 Å². The maximum atomic E-state index is 12.7. The molecule has 1 aliphatic rings. The van der Waals surface area contributed by atoms with Gasteiger partial charge in [0.15, 0.2) is 29.7 Å². The molecule has 216 valence electrons. The first-order chi connectivity index (χ1) is 19.7. The molecule has 0 spiro atoms. The molecular formula is C31H33NO9. The topological polar surface area (TPSA) is 133 Å². The van der Waals surface area contributed by atoms with Crippen LogP contribution in [-0.2, 0) is 25.7 Å². The Bertz CT molecular complexity index is 1390. The van der Waals surface area contributed by atoms with Crippen LogP contribution in [0.5, 0.6) is 17.2 Å². The van der Waals surface area contributed by atoms with E-state index in [1.807, 2.05) is 30.3 Å². The number of aliphatic imine (C=N–C) groups is 1. The Kier molecular flexibility index (Phi) is 9.14. The third kappa shape index (κ3) is 6.60. The zero-order chi connectivity index (χ0) is 29.6. The van der Waals surface area contributed by atoms with Crippen molar-refractivity contribution in [1.29, 1.82) is 0 Å². The molecule has 0 radical (unpaired) electrons. The van der Waals surface area contributed by atoms with Crippen LogP contribution in [0.4, 0.5) is 0 Å². The molecule has 4 rings (SSSR count). The third-order valence-electron chi connectivity index (χ3n) is 6.95. The summed E-state index contributed by atoms with van der Waals surface area (Å²) >= 11 is 0. The summed E-state index contributed by atoms with van der Waals surface area (Å²) in [6, 6.07) is 20.5. The van der Waals surface area contributed by atoms with Crippen LogP contribution in [-0.4, -0.2) is 60.0 Å². The lowest BCUT2D eigenvalue weighted by Gasteiger charge is -2.33. The summed E-state index contributed by atoms with van der Waals surface area (Å²) in [7, 11) is 2.84. The molecule has 3 aromatic rings. The lowest BCUT2D eigenvalue weighted by molar-refractivity contribution is -0.159. The Morgan fingerprint density at radius 3 is 2.34 bits per heavy atom. The van der Waals surface area contributed by atoms with Gasteiger partial charge in [0, 0.05) is 5.56 Å². The first-order valence-corrected chi connectivity index (χ1v) is 13.1. The van der Waals surface area contributed by atoms with Crippen LogP contribution in [0.2, 0.25) is 0 Å². The Hall–Kier alpha value is -4.57. The summed E-state index contributed by atoms with van der Waals surface area (Å²) in [5, 5.41) is 20.0. The summed E-state index contributed by atoms with van der Waals surface area (Å²) in [6.45, 7) is 3.44. The standard InChI is InChI=1S/C31H33NO9/c1-5-31(2,27(33)29(34)35)41-24-17-21(13-16-23(24)39-18-19-9-7-6-8-10-19)26-25(30(36)38-4)32-28(40-26)20-11-14-22(37-3)15-12-20/h6-17,25-27,33H,5,18H2,1-4H3,(H,34,35)/t25-,26+,27-,31-/m0/s1. The zero-order valence-electron chi connectivity index (χ0n) is 23.3. The van der Waals surface area contributed by atoms with Gasteiger partial charge in [0.25, 0.3) is 0 Å². The molecule has 0 fully saturated rings. The Morgan fingerprint density at radius 1 is 1.02 bits per heavy atom. The quantitative estimate of drug-likeness (QED) is 0.309. The molecule has 41 heavy (non-hydrogen) atoms. The van der Waals surface area contributed by atoms with Crippen molar-refractivity contribution in [3.05, 3.63) is 89.5 Å². The summed E-state index contributed by atoms with van der Waals surface area (Å²) in [5.74, 6) is -0.611. The van der Waals surface area contributed by atoms with Crippen molar-refractivity contribution in [2.45, 2.75) is 50.7 Å². The van der Waals surface area contributed by atoms with Crippen LogP contribution in [0.15, 0.2) is 77.8 Å². The Balaban J connectivity index is 1.70. The fraction of sp³-hybridized carbons (Fsp3) is 0.323. The van der Waals surface area contributed by atoms with Crippen molar-refractivity contribution in [2.24, 2.45) is 4.99 Å². The number of benzene rings is 3. The van der Waals surface area contributed by atoms with Crippen LogP contribution >= 0.6 is 0 Å². The molecule has 0 unspecified atom stereocenters. The van der Waals surface area contributed by atoms with Gasteiger partial charge in [0.05, 0.1) is 14.2 Å². The predicted octanol–water partition coefficient (Wildman–Crippen LogP) is 4.33. The van der Waals surface area contributed by atoms with E-state index in [9.17, 15) is 19.8 Å². The van der Waals surface area contributed by atoms with Crippen molar-refractivity contribution in [3.63, 3.8) is 0 Å². The molecular weight excluding hydrogens is 530 g/mol. The van der Waals surface area contributed by atoms with E-state index >= 15 is 0 Å². The largest absolute Gasteiger partial charge is 0.497 e. The normalized spacial score (nSPS) is 18.3. The van der Waals surface area contributed by atoms with Gasteiger partial charge in [-0.25, -0.2) is 14.6 Å². The fourth-order valence-corrected chi connectivity index (χ4v) is 4.30. The van der Waals surface area contributed by atoms with Gasteiger partial charge in [-0.05, 0) is 60.9 Å². The van der Waals surface area contributed by atoms with E-state index < -0.39 is 35.8 Å². The fourth-order valence-electron chi connectivity index (χ4n) is 4.30. The number of nitrogens with zero attached hydrogens (tertiary/aromatic N) is 1. The smallest absolute Gasteiger partial charge is 0.336 e. The van der Waals surface area contributed by atoms with Crippen LogP contribution in [0.3, 0.4) is 0 Å². The Labute approximate surface area is 238 Å². The van der Waals surface area contributed by atoms with Gasteiger partial charge in [0.2, 0.25) is 5.90 Å². The van der Waals surface area contributed by atoms with Crippen molar-refractivity contribution < 1.29 is 43.5 Å². The van der Waals surface area contributed by atoms with Gasteiger partial charge < -0.3 is 33.9 Å². The minimum absolute atomic E-state index is 0.174. The van der Waals surface area contributed by atoms with Crippen LogP contribution in [0.1, 0.15) is 43.1 Å². The first kappa shape index (κ1) is 29.4. The second kappa shape index (κ2) is 12.7.